The Balaban J connectivity index is 2.32. The van der Waals surface area contributed by atoms with Crippen LogP contribution in [0.3, 0.4) is 0 Å². The number of carbonyl (C=O) groups is 1. The highest BCUT2D eigenvalue weighted by atomic mass is 35.5. The minimum absolute atomic E-state index is 0.0142. The van der Waals surface area contributed by atoms with Crippen molar-refractivity contribution in [1.29, 1.82) is 0 Å². The molecule has 8 heteroatoms. The van der Waals surface area contributed by atoms with Crippen LogP contribution in [0.2, 0.25) is 10.0 Å². The minimum atomic E-state index is -1.13. The zero-order chi connectivity index (χ0) is 15.6. The van der Waals surface area contributed by atoms with Crippen LogP contribution in [0.1, 0.15) is 10.4 Å². The SMILES string of the molecule is O=C(O)c1cc(Sc2ccc([N+](=O)[O-])cc2Cl)ccc1Cl. The lowest BCUT2D eigenvalue weighted by Crippen LogP contribution is -1.97. The molecule has 0 aliphatic carbocycles. The molecule has 0 heterocycles. The topological polar surface area (TPSA) is 80.4 Å². The van der Waals surface area contributed by atoms with Crippen molar-refractivity contribution in [2.45, 2.75) is 9.79 Å². The Morgan fingerprint density at radius 1 is 1.14 bits per heavy atom. The highest BCUT2D eigenvalue weighted by Gasteiger charge is 2.13. The van der Waals surface area contributed by atoms with E-state index < -0.39 is 10.9 Å². The molecule has 0 amide bonds. The molecule has 0 saturated heterocycles. The molecule has 0 bridgehead atoms. The average molecular weight is 344 g/mol. The van der Waals surface area contributed by atoms with Crippen LogP contribution in [0.4, 0.5) is 5.69 Å². The molecule has 0 aliphatic rings. The third-order valence-electron chi connectivity index (χ3n) is 2.52. The third kappa shape index (κ3) is 3.66. The number of hydrogen-bond acceptors (Lipinski definition) is 4. The lowest BCUT2D eigenvalue weighted by Gasteiger charge is -2.06. The van der Waals surface area contributed by atoms with Gasteiger partial charge in [-0.15, -0.1) is 0 Å². The van der Waals surface area contributed by atoms with Gasteiger partial charge in [0.25, 0.3) is 5.69 Å². The summed E-state index contributed by atoms with van der Waals surface area (Å²) >= 11 is 13.0. The Hall–Kier alpha value is -1.76. The summed E-state index contributed by atoms with van der Waals surface area (Å²) in [5.74, 6) is -1.13. The van der Waals surface area contributed by atoms with Gasteiger partial charge in [-0.25, -0.2) is 4.79 Å². The van der Waals surface area contributed by atoms with Crippen LogP contribution in [0, 0.1) is 10.1 Å². The van der Waals surface area contributed by atoms with Crippen LogP contribution >= 0.6 is 35.0 Å². The van der Waals surface area contributed by atoms with Crippen molar-refractivity contribution in [1.82, 2.24) is 0 Å². The summed E-state index contributed by atoms with van der Waals surface area (Å²) < 4.78 is 0. The number of rotatable bonds is 4. The van der Waals surface area contributed by atoms with Gasteiger partial charge in [0, 0.05) is 21.9 Å². The smallest absolute Gasteiger partial charge is 0.337 e. The average Bonchev–Trinajstić information content (AvgIpc) is 2.42. The van der Waals surface area contributed by atoms with Gasteiger partial charge in [0.05, 0.1) is 20.5 Å². The van der Waals surface area contributed by atoms with Gasteiger partial charge in [0.15, 0.2) is 0 Å². The Bertz CT molecular complexity index is 736. The van der Waals surface area contributed by atoms with Gasteiger partial charge in [0.1, 0.15) is 0 Å². The van der Waals surface area contributed by atoms with E-state index in [-0.39, 0.29) is 21.3 Å². The Morgan fingerprint density at radius 2 is 1.86 bits per heavy atom. The zero-order valence-electron chi connectivity index (χ0n) is 10.2. The van der Waals surface area contributed by atoms with Gasteiger partial charge >= 0.3 is 5.97 Å². The monoisotopic (exact) mass is 343 g/mol. The van der Waals surface area contributed by atoms with Crippen molar-refractivity contribution < 1.29 is 14.8 Å². The first-order valence-corrected chi connectivity index (χ1v) is 7.10. The number of nitro benzene ring substituents is 1. The maximum absolute atomic E-state index is 11.0. The van der Waals surface area contributed by atoms with E-state index in [1.807, 2.05) is 0 Å². The van der Waals surface area contributed by atoms with Crippen molar-refractivity contribution >= 4 is 46.6 Å². The molecule has 108 valence electrons. The summed E-state index contributed by atoms with van der Waals surface area (Å²) in [4.78, 5) is 22.3. The lowest BCUT2D eigenvalue weighted by molar-refractivity contribution is -0.384. The first kappa shape index (κ1) is 15.6. The maximum Gasteiger partial charge on any atom is 0.337 e. The molecule has 2 aromatic carbocycles. The van der Waals surface area contributed by atoms with Gasteiger partial charge in [-0.2, -0.15) is 0 Å². The third-order valence-corrected chi connectivity index (χ3v) is 4.34. The van der Waals surface area contributed by atoms with Crippen molar-refractivity contribution in [2.24, 2.45) is 0 Å². The van der Waals surface area contributed by atoms with E-state index in [1.54, 1.807) is 6.07 Å². The summed E-state index contributed by atoms with van der Waals surface area (Å²) in [6.07, 6.45) is 0. The zero-order valence-corrected chi connectivity index (χ0v) is 12.6. The minimum Gasteiger partial charge on any atom is -0.478 e. The van der Waals surface area contributed by atoms with Crippen molar-refractivity contribution in [2.75, 3.05) is 0 Å². The number of halogens is 2. The van der Waals surface area contributed by atoms with Crippen LogP contribution in [0.5, 0.6) is 0 Å². The standard InChI is InChI=1S/C13H7Cl2NO4S/c14-10-3-2-8(6-9(10)13(17)18)21-12-4-1-7(16(19)20)5-11(12)15/h1-6H,(H,17,18). The summed E-state index contributed by atoms with van der Waals surface area (Å²) in [5, 5.41) is 20.0. The number of carboxylic acids is 1. The van der Waals surface area contributed by atoms with Crippen LogP contribution in [-0.2, 0) is 0 Å². The van der Waals surface area contributed by atoms with E-state index >= 15 is 0 Å². The van der Waals surface area contributed by atoms with E-state index in [9.17, 15) is 14.9 Å². The van der Waals surface area contributed by atoms with Gasteiger partial charge < -0.3 is 5.11 Å². The molecule has 0 spiro atoms. The molecule has 0 fully saturated rings. The van der Waals surface area contributed by atoms with E-state index in [0.29, 0.717) is 9.79 Å². The number of carboxylic acid groups (broad SMARTS) is 1. The molecule has 2 aromatic rings. The molecule has 5 nitrogen and oxygen atoms in total. The first-order valence-electron chi connectivity index (χ1n) is 5.53. The van der Waals surface area contributed by atoms with Crippen molar-refractivity contribution in [3.05, 3.63) is 62.1 Å². The lowest BCUT2D eigenvalue weighted by atomic mass is 10.2. The number of nitrogens with zero attached hydrogens (tertiary/aromatic N) is 1. The number of nitro groups is 1. The fourth-order valence-electron chi connectivity index (χ4n) is 1.54. The molecular weight excluding hydrogens is 337 g/mol. The summed E-state index contributed by atoms with van der Waals surface area (Å²) in [6.45, 7) is 0. The van der Waals surface area contributed by atoms with E-state index in [2.05, 4.69) is 0 Å². The van der Waals surface area contributed by atoms with Crippen LogP contribution in [0.25, 0.3) is 0 Å². The predicted octanol–water partition coefficient (Wildman–Crippen LogP) is 4.75. The van der Waals surface area contributed by atoms with E-state index in [1.165, 1.54) is 42.1 Å². The molecule has 0 aliphatic heterocycles. The van der Waals surface area contributed by atoms with Gasteiger partial charge in [-0.1, -0.05) is 35.0 Å². The molecule has 0 unspecified atom stereocenters. The molecule has 0 aromatic heterocycles. The van der Waals surface area contributed by atoms with Crippen LogP contribution in [0.15, 0.2) is 46.2 Å². The second-order valence-electron chi connectivity index (χ2n) is 3.92. The number of non-ortho nitro benzene ring substituents is 1. The highest BCUT2D eigenvalue weighted by molar-refractivity contribution is 7.99. The summed E-state index contributed by atoms with van der Waals surface area (Å²) in [7, 11) is 0. The largest absolute Gasteiger partial charge is 0.478 e. The summed E-state index contributed by atoms with van der Waals surface area (Å²) in [6, 6.07) is 8.65. The predicted molar refractivity (Wildman–Crippen MR) is 80.6 cm³/mol. The first-order chi connectivity index (χ1) is 9.88. The Morgan fingerprint density at radius 3 is 2.43 bits per heavy atom. The molecular formula is C13H7Cl2NO4S. The van der Waals surface area contributed by atoms with Gasteiger partial charge in [0.2, 0.25) is 0 Å². The summed E-state index contributed by atoms with van der Waals surface area (Å²) in [5.41, 5.74) is -0.119. The Kier molecular flexibility index (Phi) is 4.72. The Labute approximate surface area is 133 Å². The normalized spacial score (nSPS) is 10.4. The second-order valence-corrected chi connectivity index (χ2v) is 5.85. The number of benzene rings is 2. The molecule has 2 rings (SSSR count). The molecule has 0 atom stereocenters. The number of aromatic carboxylic acids is 1. The van der Waals surface area contributed by atoms with Gasteiger partial charge in [-0.05, 0) is 24.3 Å². The maximum atomic E-state index is 11.0. The fraction of sp³-hybridized carbons (Fsp3) is 0. The van der Waals surface area contributed by atoms with E-state index in [0.717, 1.165) is 0 Å². The van der Waals surface area contributed by atoms with Crippen molar-refractivity contribution in [3.8, 4) is 0 Å². The molecule has 0 radical (unpaired) electrons. The fourth-order valence-corrected chi connectivity index (χ4v) is 2.89. The van der Waals surface area contributed by atoms with Crippen LogP contribution in [-0.4, -0.2) is 16.0 Å². The van der Waals surface area contributed by atoms with E-state index in [4.69, 9.17) is 28.3 Å². The van der Waals surface area contributed by atoms with Crippen molar-refractivity contribution in [3.63, 3.8) is 0 Å². The molecule has 1 N–H and O–H groups in total. The van der Waals surface area contributed by atoms with Crippen LogP contribution < -0.4 is 0 Å². The molecule has 21 heavy (non-hydrogen) atoms. The molecule has 0 saturated carbocycles. The van der Waals surface area contributed by atoms with Gasteiger partial charge in [-0.3, -0.25) is 10.1 Å². The second kappa shape index (κ2) is 6.34. The highest BCUT2D eigenvalue weighted by Crippen LogP contribution is 2.36. The number of hydrogen-bond donors (Lipinski definition) is 1. The quantitative estimate of drug-likeness (QED) is 0.639.